The minimum Gasteiger partial charge on any atom is -0.494 e. The van der Waals surface area contributed by atoms with Crippen molar-refractivity contribution in [2.24, 2.45) is 23.7 Å². The summed E-state index contributed by atoms with van der Waals surface area (Å²) in [5.74, 6) is -0.860. The van der Waals surface area contributed by atoms with Gasteiger partial charge in [-0.1, -0.05) is 77.2 Å². The molecule has 0 aromatic heterocycles. The summed E-state index contributed by atoms with van der Waals surface area (Å²) >= 11 is 0. The largest absolute Gasteiger partial charge is 0.494 e. The van der Waals surface area contributed by atoms with Gasteiger partial charge in [-0.25, -0.2) is 0 Å². The molecule has 348 valence electrons. The molecule has 0 aromatic carbocycles. The summed E-state index contributed by atoms with van der Waals surface area (Å²) in [5, 5.41) is 34.5. The Morgan fingerprint density at radius 1 is 0.887 bits per heavy atom. The Labute approximate surface area is 369 Å². The van der Waals surface area contributed by atoms with Crippen LogP contribution in [-0.2, 0) is 47.4 Å². The van der Waals surface area contributed by atoms with Crippen LogP contribution in [0.4, 0.5) is 0 Å². The maximum absolute atomic E-state index is 12.7. The fraction of sp³-hybridized carbons (Fsp3) is 0.755. The highest BCUT2D eigenvalue weighted by Gasteiger charge is 2.58. The summed E-state index contributed by atoms with van der Waals surface area (Å²) < 4.78 is 64.5. The first kappa shape index (κ1) is 47.7. The fourth-order valence-electron chi connectivity index (χ4n) is 10.7. The van der Waals surface area contributed by atoms with Gasteiger partial charge in [0.15, 0.2) is 18.4 Å². The third-order valence-corrected chi connectivity index (χ3v) is 14.6. The monoisotopic (exact) mass is 871 g/mol. The third-order valence-electron chi connectivity index (χ3n) is 14.6. The van der Waals surface area contributed by atoms with E-state index < -0.39 is 78.7 Å². The molecule has 4 saturated heterocycles. The van der Waals surface area contributed by atoms with E-state index in [2.05, 4.69) is 65.5 Å². The zero-order chi connectivity index (χ0) is 44.7. The SMILES string of the molecule is C=C1O[C@H]2C[C@@H](C/C=C(\C)C(O[C@H]3C[C@H](OC)C(O[C@H]4C[C@H](OC)[C@@H](O)[C@H](C)O4)[C@H](C)O3)[C@@H](C)/C=C/C=C3\CO[C@@H]4[C@H](O)C(C)=C[C@@H]1[C@]34O)O[C@@]1(C=C[C@H](C)C([C@@H](C)CC)O1)C2. The Hall–Kier alpha value is -2.24. The molecule has 3 unspecified atom stereocenters. The van der Waals surface area contributed by atoms with Gasteiger partial charge >= 0.3 is 0 Å². The molecule has 4 fully saturated rings. The molecule has 7 aliphatic rings. The number of ether oxygens (including phenoxy) is 10. The van der Waals surface area contributed by atoms with Crippen molar-refractivity contribution in [2.45, 2.75) is 191 Å². The third kappa shape index (κ3) is 9.66. The van der Waals surface area contributed by atoms with Gasteiger partial charge in [0, 0.05) is 51.7 Å². The highest BCUT2D eigenvalue weighted by atomic mass is 16.7. The molecule has 0 radical (unpaired) electrons. The summed E-state index contributed by atoms with van der Waals surface area (Å²) in [6, 6.07) is 0. The highest BCUT2D eigenvalue weighted by Crippen LogP contribution is 2.49. The van der Waals surface area contributed by atoms with Gasteiger partial charge in [0.05, 0.1) is 61.0 Å². The van der Waals surface area contributed by atoms with Crippen molar-refractivity contribution >= 4 is 0 Å². The molecule has 1 aliphatic carbocycles. The Kier molecular flexibility index (Phi) is 15.2. The van der Waals surface area contributed by atoms with Crippen molar-refractivity contribution in [1.82, 2.24) is 0 Å². The molecule has 20 atom stereocenters. The van der Waals surface area contributed by atoms with Crippen LogP contribution in [0.2, 0.25) is 0 Å². The average molecular weight is 871 g/mol. The maximum Gasteiger partial charge on any atom is 0.191 e. The smallest absolute Gasteiger partial charge is 0.191 e. The lowest BCUT2D eigenvalue weighted by atomic mass is 9.70. The van der Waals surface area contributed by atoms with Crippen molar-refractivity contribution in [3.05, 3.63) is 71.6 Å². The molecule has 0 aromatic rings. The molecule has 0 amide bonds. The van der Waals surface area contributed by atoms with Crippen LogP contribution in [0, 0.1) is 23.7 Å². The predicted octanol–water partition coefficient (Wildman–Crippen LogP) is 6.36. The molecule has 6 aliphatic heterocycles. The second-order valence-electron chi connectivity index (χ2n) is 19.1. The van der Waals surface area contributed by atoms with E-state index in [-0.39, 0.29) is 42.9 Å². The Balaban J connectivity index is 1.18. The van der Waals surface area contributed by atoms with Crippen LogP contribution in [0.1, 0.15) is 93.9 Å². The standard InChI is InChI=1S/C49H74O13/c1-12-26(2)45-29(5)18-19-48(62-45)24-36-21-35(61-48)17-16-28(4)44(27(3)14-13-15-34-25-55-47-42(50)30(6)20-37(31(7)56-36)49(34,47)52)59-41-23-39(54-11)46(33(9)58-41)60-40-22-38(53-10)43(51)32(8)57-40/h13-16,18-20,26-27,29,32-33,35-47,50-52H,7,12,17,21-25H2,1-6,8-11H3/b14-13+,28-16+,34-15+/t26-,27-,29-,32-,33-,35+,36-,37-,38-,39-,40-,41-,42+,43-,44?,45?,46?,47+,48+,49+/m0/s1. The minimum absolute atomic E-state index is 0.0314. The molecule has 0 saturated carbocycles. The van der Waals surface area contributed by atoms with Gasteiger partial charge in [-0.3, -0.25) is 0 Å². The summed E-state index contributed by atoms with van der Waals surface area (Å²) in [6.07, 6.45) is 10.6. The zero-order valence-corrected chi connectivity index (χ0v) is 38.5. The van der Waals surface area contributed by atoms with Crippen LogP contribution < -0.4 is 0 Å². The first-order valence-electron chi connectivity index (χ1n) is 23.0. The highest BCUT2D eigenvalue weighted by molar-refractivity contribution is 5.40. The Morgan fingerprint density at radius 2 is 1.60 bits per heavy atom. The van der Waals surface area contributed by atoms with Gasteiger partial charge in [-0.2, -0.15) is 0 Å². The van der Waals surface area contributed by atoms with Crippen molar-refractivity contribution in [3.63, 3.8) is 0 Å². The van der Waals surface area contributed by atoms with E-state index in [0.717, 1.165) is 12.0 Å². The van der Waals surface area contributed by atoms with Crippen molar-refractivity contribution < 1.29 is 62.7 Å². The molecule has 1 spiro atoms. The van der Waals surface area contributed by atoms with Gasteiger partial charge < -0.3 is 62.7 Å². The summed E-state index contributed by atoms with van der Waals surface area (Å²) in [7, 11) is 3.24. The van der Waals surface area contributed by atoms with Crippen LogP contribution in [-0.4, -0.2) is 133 Å². The van der Waals surface area contributed by atoms with E-state index in [1.54, 1.807) is 14.2 Å². The van der Waals surface area contributed by atoms with E-state index in [4.69, 9.17) is 47.4 Å². The van der Waals surface area contributed by atoms with Gasteiger partial charge in [0.1, 0.15) is 36.1 Å². The molecular weight excluding hydrogens is 797 g/mol. The topological polar surface area (TPSA) is 153 Å². The minimum atomic E-state index is -1.59. The van der Waals surface area contributed by atoms with Crippen molar-refractivity contribution in [3.8, 4) is 0 Å². The van der Waals surface area contributed by atoms with Crippen LogP contribution in [0.5, 0.6) is 0 Å². The lowest BCUT2D eigenvalue weighted by molar-refractivity contribution is -0.318. The van der Waals surface area contributed by atoms with Crippen LogP contribution in [0.15, 0.2) is 71.6 Å². The lowest BCUT2D eigenvalue weighted by Gasteiger charge is -2.49. The molecule has 3 N–H and O–H groups in total. The number of aliphatic hydroxyl groups is 3. The number of rotatable bonds is 8. The van der Waals surface area contributed by atoms with E-state index in [1.807, 2.05) is 39.0 Å². The molecule has 7 rings (SSSR count). The summed E-state index contributed by atoms with van der Waals surface area (Å²) in [5.41, 5.74) is 0.753. The fourth-order valence-corrected chi connectivity index (χ4v) is 10.7. The van der Waals surface area contributed by atoms with Gasteiger partial charge in [-0.15, -0.1) is 0 Å². The van der Waals surface area contributed by atoms with Crippen molar-refractivity contribution in [2.75, 3.05) is 20.8 Å². The zero-order valence-electron chi connectivity index (χ0n) is 38.5. The van der Waals surface area contributed by atoms with Crippen LogP contribution >= 0.6 is 0 Å². The summed E-state index contributed by atoms with van der Waals surface area (Å²) in [4.78, 5) is 0. The Bertz CT molecular complexity index is 1720. The lowest BCUT2D eigenvalue weighted by Crippen LogP contribution is -2.56. The van der Waals surface area contributed by atoms with Gasteiger partial charge in [0.2, 0.25) is 0 Å². The first-order valence-corrected chi connectivity index (χ1v) is 23.0. The molecule has 2 bridgehead atoms. The van der Waals surface area contributed by atoms with Crippen LogP contribution in [0.25, 0.3) is 0 Å². The predicted molar refractivity (Wildman–Crippen MR) is 231 cm³/mol. The molecule has 13 nitrogen and oxygen atoms in total. The molecule has 62 heavy (non-hydrogen) atoms. The van der Waals surface area contributed by atoms with Gasteiger partial charge in [-0.05, 0) is 62.8 Å². The van der Waals surface area contributed by atoms with E-state index in [0.29, 0.717) is 54.9 Å². The number of hydrogen-bond acceptors (Lipinski definition) is 13. The second kappa shape index (κ2) is 19.7. The van der Waals surface area contributed by atoms with Crippen molar-refractivity contribution in [1.29, 1.82) is 0 Å². The van der Waals surface area contributed by atoms with E-state index >= 15 is 0 Å². The quantitative estimate of drug-likeness (QED) is 0.232. The number of aliphatic hydroxyl groups excluding tert-OH is 2. The number of fused-ring (bicyclic) bond motifs is 2. The maximum atomic E-state index is 12.7. The number of allylic oxidation sites excluding steroid dienone is 2. The first-order chi connectivity index (χ1) is 29.5. The number of hydrogen-bond donors (Lipinski definition) is 3. The molecule has 6 heterocycles. The molecular formula is C49H74O13. The molecule has 13 heteroatoms. The normalized spacial score (nSPS) is 49.1. The van der Waals surface area contributed by atoms with Gasteiger partial charge in [0.25, 0.3) is 0 Å². The van der Waals surface area contributed by atoms with E-state index in [1.165, 1.54) is 0 Å². The van der Waals surface area contributed by atoms with Crippen LogP contribution in [0.3, 0.4) is 0 Å². The second-order valence-corrected chi connectivity index (χ2v) is 19.1. The Morgan fingerprint density at radius 3 is 2.32 bits per heavy atom. The summed E-state index contributed by atoms with van der Waals surface area (Å²) in [6.45, 7) is 20.9. The van der Waals surface area contributed by atoms with E-state index in [9.17, 15) is 15.3 Å². The average Bonchev–Trinajstić information content (AvgIpc) is 3.58. The number of methoxy groups -OCH3 is 2.